The molecule has 29 heavy (non-hydrogen) atoms. The van der Waals surface area contributed by atoms with Gasteiger partial charge in [-0.25, -0.2) is 4.79 Å². The Labute approximate surface area is 168 Å². The Morgan fingerprint density at radius 3 is 2.17 bits per heavy atom. The van der Waals surface area contributed by atoms with Crippen LogP contribution in [0.4, 0.5) is 18.9 Å². The molecule has 0 saturated carbocycles. The number of esters is 1. The minimum atomic E-state index is -4.53. The van der Waals surface area contributed by atoms with Crippen molar-refractivity contribution >= 4 is 11.7 Å². The average Bonchev–Trinajstić information content (AvgIpc) is 2.64. The van der Waals surface area contributed by atoms with Crippen LogP contribution in [0.3, 0.4) is 0 Å². The molecule has 0 saturated heterocycles. The van der Waals surface area contributed by atoms with Crippen LogP contribution in [-0.2, 0) is 29.9 Å². The molecule has 10 heteroatoms. The average molecular weight is 423 g/mol. The Hall–Kier alpha value is -2.04. The lowest BCUT2D eigenvalue weighted by molar-refractivity contribution is -0.150. The zero-order chi connectivity index (χ0) is 21.7. The Kier molecular flexibility index (Phi) is 11.4. The maximum atomic E-state index is 12.8. The highest BCUT2D eigenvalue weighted by molar-refractivity contribution is 5.70. The summed E-state index contributed by atoms with van der Waals surface area (Å²) < 4.78 is 64.1. The highest BCUT2D eigenvalue weighted by Crippen LogP contribution is 2.35. The van der Waals surface area contributed by atoms with Crippen molar-refractivity contribution in [2.24, 2.45) is 5.92 Å². The second-order valence-corrected chi connectivity index (χ2v) is 6.45. The van der Waals surface area contributed by atoms with Gasteiger partial charge < -0.3 is 29.4 Å². The van der Waals surface area contributed by atoms with Crippen molar-refractivity contribution in [1.82, 2.24) is 0 Å². The summed E-state index contributed by atoms with van der Waals surface area (Å²) in [7, 11) is 0. The fourth-order valence-corrected chi connectivity index (χ4v) is 1.99. The molecule has 0 radical (unpaired) electrons. The molecule has 0 aromatic heterocycles. The quantitative estimate of drug-likeness (QED) is 0.280. The molecule has 0 bridgehead atoms. The number of hydrogen-bond donors (Lipinski definition) is 1. The lowest BCUT2D eigenvalue weighted by Crippen LogP contribution is -2.18. The summed E-state index contributed by atoms with van der Waals surface area (Å²) in [5.41, 5.74) is 4.04. The fourth-order valence-electron chi connectivity index (χ4n) is 1.99. The Morgan fingerprint density at radius 2 is 1.59 bits per heavy atom. The number of anilines is 1. The zero-order valence-electron chi connectivity index (χ0n) is 16.6. The predicted octanol–water partition coefficient (Wildman–Crippen LogP) is 2.92. The molecule has 0 unspecified atom stereocenters. The third kappa shape index (κ3) is 11.5. The summed E-state index contributed by atoms with van der Waals surface area (Å²) in [5, 5.41) is 0. The Bertz CT molecular complexity index is 610. The first-order valence-corrected chi connectivity index (χ1v) is 9.18. The number of rotatable bonds is 14. The lowest BCUT2D eigenvalue weighted by atomic mass is 10.1. The first-order valence-electron chi connectivity index (χ1n) is 9.18. The molecule has 0 spiro atoms. The molecule has 0 aliphatic heterocycles. The van der Waals surface area contributed by atoms with Crippen LogP contribution in [0.25, 0.3) is 0 Å². The molecule has 1 rings (SSSR count). The highest BCUT2D eigenvalue weighted by Gasteiger charge is 2.33. The van der Waals surface area contributed by atoms with Gasteiger partial charge in [0.05, 0.1) is 45.2 Å². The molecule has 1 aromatic carbocycles. The van der Waals surface area contributed by atoms with E-state index in [0.717, 1.165) is 12.1 Å². The van der Waals surface area contributed by atoms with Gasteiger partial charge in [0.25, 0.3) is 0 Å². The SMILES string of the molecule is CC(C)COC(=O)COCCOCCOCCOc1ccc(N)c(C(F)(F)F)c1. The maximum Gasteiger partial charge on any atom is 0.418 e. The molecule has 0 aliphatic rings. The van der Waals surface area contributed by atoms with Crippen LogP contribution in [-0.4, -0.2) is 58.8 Å². The van der Waals surface area contributed by atoms with Crippen molar-refractivity contribution in [2.45, 2.75) is 20.0 Å². The molecular formula is C19H28F3NO6. The van der Waals surface area contributed by atoms with E-state index in [1.54, 1.807) is 0 Å². The number of hydrogen-bond acceptors (Lipinski definition) is 7. The van der Waals surface area contributed by atoms with Gasteiger partial charge >= 0.3 is 12.1 Å². The second-order valence-electron chi connectivity index (χ2n) is 6.45. The minimum absolute atomic E-state index is 0.0652. The van der Waals surface area contributed by atoms with Crippen LogP contribution in [0.1, 0.15) is 19.4 Å². The van der Waals surface area contributed by atoms with Gasteiger partial charge in [-0.15, -0.1) is 0 Å². The van der Waals surface area contributed by atoms with Gasteiger partial charge in [0.2, 0.25) is 0 Å². The van der Waals surface area contributed by atoms with Gasteiger partial charge in [-0.05, 0) is 24.1 Å². The van der Waals surface area contributed by atoms with Crippen molar-refractivity contribution in [2.75, 3.05) is 58.6 Å². The van der Waals surface area contributed by atoms with E-state index in [4.69, 9.17) is 29.4 Å². The largest absolute Gasteiger partial charge is 0.491 e. The summed E-state index contributed by atoms with van der Waals surface area (Å²) in [4.78, 5) is 11.3. The first kappa shape index (κ1) is 25.0. The number of ether oxygens (including phenoxy) is 5. The third-order valence-corrected chi connectivity index (χ3v) is 3.37. The monoisotopic (exact) mass is 423 g/mol. The predicted molar refractivity (Wildman–Crippen MR) is 99.6 cm³/mol. The Morgan fingerprint density at radius 1 is 1.00 bits per heavy atom. The van der Waals surface area contributed by atoms with E-state index in [1.807, 2.05) is 13.8 Å². The molecule has 166 valence electrons. The summed E-state index contributed by atoms with van der Waals surface area (Å²) >= 11 is 0. The van der Waals surface area contributed by atoms with Gasteiger partial charge in [0.15, 0.2) is 0 Å². The molecule has 0 amide bonds. The van der Waals surface area contributed by atoms with Crippen LogP contribution >= 0.6 is 0 Å². The number of nitrogen functional groups attached to an aromatic ring is 1. The lowest BCUT2D eigenvalue weighted by Gasteiger charge is -2.13. The number of carbonyl (C=O) groups is 1. The highest BCUT2D eigenvalue weighted by atomic mass is 19.4. The van der Waals surface area contributed by atoms with Crippen LogP contribution in [0, 0.1) is 5.92 Å². The molecular weight excluding hydrogens is 395 g/mol. The van der Waals surface area contributed by atoms with Crippen molar-refractivity contribution < 1.29 is 41.7 Å². The molecule has 2 N–H and O–H groups in total. The van der Waals surface area contributed by atoms with Crippen molar-refractivity contribution in [3.05, 3.63) is 23.8 Å². The van der Waals surface area contributed by atoms with E-state index < -0.39 is 17.7 Å². The fraction of sp³-hybridized carbons (Fsp3) is 0.632. The van der Waals surface area contributed by atoms with E-state index >= 15 is 0 Å². The number of carbonyl (C=O) groups excluding carboxylic acids is 1. The molecule has 1 aromatic rings. The minimum Gasteiger partial charge on any atom is -0.491 e. The van der Waals surface area contributed by atoms with Crippen LogP contribution < -0.4 is 10.5 Å². The van der Waals surface area contributed by atoms with Gasteiger partial charge in [0.1, 0.15) is 19.0 Å². The normalized spacial score (nSPS) is 11.7. The van der Waals surface area contributed by atoms with Crippen molar-refractivity contribution in [1.29, 1.82) is 0 Å². The molecule has 0 heterocycles. The zero-order valence-corrected chi connectivity index (χ0v) is 16.6. The Balaban J connectivity index is 2.01. The van der Waals surface area contributed by atoms with Gasteiger partial charge in [-0.1, -0.05) is 13.8 Å². The van der Waals surface area contributed by atoms with E-state index in [1.165, 1.54) is 6.07 Å². The standard InChI is InChI=1S/C19H28F3NO6/c1-14(2)12-29-18(24)13-27-8-7-25-5-6-26-9-10-28-15-3-4-17(23)16(11-15)19(20,21)22/h3-4,11,14H,5-10,12-13,23H2,1-2H3. The number of alkyl halides is 3. The smallest absolute Gasteiger partial charge is 0.418 e. The molecule has 0 aliphatic carbocycles. The van der Waals surface area contributed by atoms with E-state index in [2.05, 4.69) is 0 Å². The van der Waals surface area contributed by atoms with Crippen LogP contribution in [0.5, 0.6) is 5.75 Å². The summed E-state index contributed by atoms with van der Waals surface area (Å²) in [6, 6.07) is 3.38. The van der Waals surface area contributed by atoms with Gasteiger partial charge in [0, 0.05) is 5.69 Å². The van der Waals surface area contributed by atoms with Crippen molar-refractivity contribution in [3.8, 4) is 5.75 Å². The molecule has 0 atom stereocenters. The van der Waals surface area contributed by atoms with Crippen LogP contribution in [0.15, 0.2) is 18.2 Å². The number of nitrogens with two attached hydrogens (primary N) is 1. The third-order valence-electron chi connectivity index (χ3n) is 3.37. The number of halogens is 3. The van der Waals surface area contributed by atoms with E-state index in [9.17, 15) is 18.0 Å². The van der Waals surface area contributed by atoms with Crippen LogP contribution in [0.2, 0.25) is 0 Å². The molecule has 7 nitrogen and oxygen atoms in total. The topological polar surface area (TPSA) is 89.2 Å². The first-order chi connectivity index (χ1) is 13.7. The summed E-state index contributed by atoms with van der Waals surface area (Å²) in [5.74, 6) is -0.0718. The molecule has 0 fully saturated rings. The van der Waals surface area contributed by atoms with E-state index in [-0.39, 0.29) is 50.4 Å². The van der Waals surface area contributed by atoms with E-state index in [0.29, 0.717) is 19.8 Å². The van der Waals surface area contributed by atoms with Gasteiger partial charge in [-0.2, -0.15) is 13.2 Å². The van der Waals surface area contributed by atoms with Crippen molar-refractivity contribution in [3.63, 3.8) is 0 Å². The second kappa shape index (κ2) is 13.2. The number of benzene rings is 1. The van der Waals surface area contributed by atoms with Gasteiger partial charge in [-0.3, -0.25) is 0 Å². The summed E-state index contributed by atoms with van der Waals surface area (Å²) in [6.07, 6.45) is -4.53. The summed E-state index contributed by atoms with van der Waals surface area (Å²) in [6.45, 7) is 5.54. The maximum absolute atomic E-state index is 12.8.